The summed E-state index contributed by atoms with van der Waals surface area (Å²) in [6, 6.07) is 23.6. The predicted octanol–water partition coefficient (Wildman–Crippen LogP) is 8.57. The monoisotopic (exact) mass is 502 g/mol. The predicted molar refractivity (Wildman–Crippen MR) is 138 cm³/mol. The molecule has 0 saturated heterocycles. The summed E-state index contributed by atoms with van der Waals surface area (Å²) < 4.78 is 24.4. The molecule has 3 rings (SSSR count). The van der Waals surface area contributed by atoms with Crippen LogP contribution in [0.1, 0.15) is 30.5 Å². The van der Waals surface area contributed by atoms with Crippen LogP contribution in [-0.2, 0) is 4.84 Å². The molecule has 0 spiro atoms. The number of nitrogens with zero attached hydrogens (tertiary/aromatic N) is 2. The molecule has 0 bridgehead atoms. The van der Waals surface area contributed by atoms with Crippen LogP contribution in [0.25, 0.3) is 0 Å². The zero-order valence-corrected chi connectivity index (χ0v) is 22.2. The van der Waals surface area contributed by atoms with Gasteiger partial charge < -0.3 is 13.6 Å². The van der Waals surface area contributed by atoms with Gasteiger partial charge in [0.25, 0.3) is 8.60 Å². The van der Waals surface area contributed by atoms with Crippen LogP contribution in [0.15, 0.2) is 77.3 Å². The number of benzene rings is 3. The van der Waals surface area contributed by atoms with Crippen LogP contribution in [-0.4, -0.2) is 10.7 Å². The quantitative estimate of drug-likeness (QED) is 0.194. The van der Waals surface area contributed by atoms with Gasteiger partial charge in [0.1, 0.15) is 17.2 Å². The van der Waals surface area contributed by atoms with E-state index in [-0.39, 0.29) is 15.1 Å². The van der Waals surface area contributed by atoms with E-state index in [0.717, 1.165) is 17.1 Å². The Labute approximate surface area is 201 Å². The fraction of sp³-hybridized carbons (Fsp3) is 0.250. The Hall–Kier alpha value is -2.06. The van der Waals surface area contributed by atoms with Gasteiger partial charge in [-0.1, -0.05) is 57.7 Å². The summed E-state index contributed by atoms with van der Waals surface area (Å²) in [5.41, 5.74) is 3.50. The zero-order valence-electron chi connectivity index (χ0n) is 19.4. The number of aryl methyl sites for hydroxylation is 3. The Morgan fingerprint density at radius 3 is 1.76 bits per heavy atom. The molecule has 0 aromatic heterocycles. The van der Waals surface area contributed by atoms with E-state index >= 15 is 0 Å². The van der Waals surface area contributed by atoms with Crippen molar-refractivity contribution < 1.29 is 18.4 Å². The molecule has 0 aliphatic carbocycles. The summed E-state index contributed by atoms with van der Waals surface area (Å²) in [6.07, 6.45) is -0.0735. The Morgan fingerprint density at radius 1 is 0.758 bits per heavy atom. The van der Waals surface area contributed by atoms with E-state index in [9.17, 15) is 0 Å². The molecule has 0 aliphatic rings. The third-order valence-corrected chi connectivity index (χ3v) is 7.54. The first kappa shape index (κ1) is 25.6. The number of hydrogen-bond acceptors (Lipinski definition) is 6. The smallest absolute Gasteiger partial charge is 0.337 e. The molecule has 2 atom stereocenters. The number of hydrogen-bond donors (Lipinski definition) is 0. The molecule has 3 aromatic carbocycles. The van der Waals surface area contributed by atoms with Crippen molar-refractivity contribution in [3.63, 3.8) is 0 Å². The maximum atomic E-state index is 6.24. The van der Waals surface area contributed by atoms with Gasteiger partial charge in [-0.15, -0.1) is 4.52 Å². The lowest BCUT2D eigenvalue weighted by atomic mass is 10.2. The lowest BCUT2D eigenvalue weighted by Gasteiger charge is -2.26. The van der Waals surface area contributed by atoms with Crippen LogP contribution in [0.2, 0.25) is 0 Å². The van der Waals surface area contributed by atoms with Crippen LogP contribution in [0.3, 0.4) is 0 Å². The van der Waals surface area contributed by atoms with Gasteiger partial charge in [-0.2, -0.15) is 0 Å². The zero-order chi connectivity index (χ0) is 23.6. The van der Waals surface area contributed by atoms with Gasteiger partial charge >= 0.3 is 8.45 Å². The van der Waals surface area contributed by atoms with Gasteiger partial charge in [-0.3, -0.25) is 4.84 Å². The molecule has 0 radical (unpaired) electrons. The Kier molecular flexibility index (Phi) is 10.1. The van der Waals surface area contributed by atoms with Crippen molar-refractivity contribution in [3.05, 3.63) is 89.5 Å². The first-order valence-corrected chi connectivity index (χ1v) is 13.3. The van der Waals surface area contributed by atoms with Crippen molar-refractivity contribution >= 4 is 26.0 Å². The lowest BCUT2D eigenvalue weighted by molar-refractivity contribution is -0.0581. The van der Waals surface area contributed by atoms with Crippen LogP contribution >= 0.6 is 26.0 Å². The molecule has 9 heteroatoms. The summed E-state index contributed by atoms with van der Waals surface area (Å²) in [5, 5.41) is 0. The minimum absolute atomic E-state index is 0.0735. The molecular weight excluding hydrogens is 473 g/mol. The van der Waals surface area contributed by atoms with E-state index in [1.165, 1.54) is 11.1 Å². The summed E-state index contributed by atoms with van der Waals surface area (Å²) >= 11 is 0. The highest BCUT2D eigenvalue weighted by Crippen LogP contribution is 2.52. The van der Waals surface area contributed by atoms with Crippen LogP contribution in [0.5, 0.6) is 17.2 Å². The highest BCUT2D eigenvalue weighted by atomic mass is 31.2. The molecule has 3 aromatic rings. The second-order valence-electron chi connectivity index (χ2n) is 7.67. The molecule has 2 unspecified atom stereocenters. The van der Waals surface area contributed by atoms with Crippen molar-refractivity contribution in [1.82, 2.24) is 4.60 Å². The summed E-state index contributed by atoms with van der Waals surface area (Å²) in [4.78, 5) is 6.04. The van der Waals surface area contributed by atoms with Crippen molar-refractivity contribution in [3.8, 4) is 17.2 Å². The lowest BCUT2D eigenvalue weighted by Crippen LogP contribution is -2.17. The van der Waals surface area contributed by atoms with E-state index in [4.69, 9.17) is 18.4 Å². The van der Waals surface area contributed by atoms with E-state index in [1.54, 1.807) is 4.60 Å². The fourth-order valence-corrected chi connectivity index (χ4v) is 5.64. The van der Waals surface area contributed by atoms with Crippen LogP contribution < -0.4 is 13.6 Å². The maximum Gasteiger partial charge on any atom is 0.337 e. The molecule has 0 amide bonds. The van der Waals surface area contributed by atoms with E-state index in [1.807, 2.05) is 107 Å². The average molecular weight is 502 g/mol. The standard InChI is InChI=1S/C24H29N2O4P3/c1-18(2)27-26(32-29-23-14-8-20(4)9-15-23)33(30-24-16-10-21(5)11-17-24)25-31-28-22-12-6-19(3)7-13-22/h6-18,32H,1-5H3. The molecule has 0 N–H and O–H groups in total. The van der Waals surface area contributed by atoms with Gasteiger partial charge in [-0.05, 0) is 71.0 Å². The first-order valence-electron chi connectivity index (χ1n) is 10.5. The second-order valence-corrected chi connectivity index (χ2v) is 10.9. The molecule has 0 aliphatic heterocycles. The van der Waals surface area contributed by atoms with Gasteiger partial charge in [-0.25, -0.2) is 0 Å². The third kappa shape index (κ3) is 9.01. The van der Waals surface area contributed by atoms with Crippen LogP contribution in [0.4, 0.5) is 0 Å². The first-order chi connectivity index (χ1) is 15.9. The third-order valence-electron chi connectivity index (χ3n) is 4.22. The van der Waals surface area contributed by atoms with Gasteiger partial charge in [0, 0.05) is 0 Å². The molecule has 0 heterocycles. The minimum atomic E-state index is -1.56. The van der Waals surface area contributed by atoms with Gasteiger partial charge in [0.15, 0.2) is 8.96 Å². The second kappa shape index (κ2) is 13.0. The molecule has 174 valence electrons. The average Bonchev–Trinajstić information content (AvgIpc) is 2.79. The van der Waals surface area contributed by atoms with Crippen LogP contribution in [0, 0.1) is 20.8 Å². The SMILES string of the molecule is Cc1ccc(OP=NP(Oc2ccc(C)cc2)N(OC(C)C)POc2ccc(C)cc2)cc1. The Balaban J connectivity index is 1.78. The summed E-state index contributed by atoms with van der Waals surface area (Å²) in [5.74, 6) is 2.21. The minimum Gasteiger partial charge on any atom is -0.458 e. The van der Waals surface area contributed by atoms with Crippen molar-refractivity contribution in [2.75, 3.05) is 0 Å². The molecular formula is C24H29N2O4P3. The largest absolute Gasteiger partial charge is 0.458 e. The Morgan fingerprint density at radius 2 is 1.24 bits per heavy atom. The molecule has 0 fully saturated rings. The highest BCUT2D eigenvalue weighted by molar-refractivity contribution is 7.60. The fourth-order valence-electron chi connectivity index (χ4n) is 2.48. The normalized spacial score (nSPS) is 12.7. The van der Waals surface area contributed by atoms with E-state index < -0.39 is 8.45 Å². The summed E-state index contributed by atoms with van der Waals surface area (Å²) in [6.45, 7) is 10.0. The van der Waals surface area contributed by atoms with E-state index in [0.29, 0.717) is 14.3 Å². The van der Waals surface area contributed by atoms with Gasteiger partial charge in [0.05, 0.1) is 6.10 Å². The highest BCUT2D eigenvalue weighted by Gasteiger charge is 2.26. The van der Waals surface area contributed by atoms with Crippen molar-refractivity contribution in [2.45, 2.75) is 40.7 Å². The molecule has 6 nitrogen and oxygen atoms in total. The topological polar surface area (TPSA) is 52.5 Å². The summed E-state index contributed by atoms with van der Waals surface area (Å²) in [7, 11) is -1.29. The van der Waals surface area contributed by atoms with Crippen molar-refractivity contribution in [1.29, 1.82) is 0 Å². The van der Waals surface area contributed by atoms with E-state index in [2.05, 4.69) is 4.52 Å². The van der Waals surface area contributed by atoms with Crippen molar-refractivity contribution in [2.24, 2.45) is 4.52 Å². The molecule has 0 saturated carbocycles. The number of rotatable bonds is 11. The van der Waals surface area contributed by atoms with Gasteiger partial charge in [0.2, 0.25) is 0 Å². The molecule has 33 heavy (non-hydrogen) atoms. The Bertz CT molecular complexity index is 1010. The maximum absolute atomic E-state index is 6.24.